The summed E-state index contributed by atoms with van der Waals surface area (Å²) in [5, 5.41) is 7.11. The van der Waals surface area contributed by atoms with Crippen molar-refractivity contribution in [2.24, 2.45) is 11.8 Å². The first kappa shape index (κ1) is 20.9. The van der Waals surface area contributed by atoms with Crippen LogP contribution in [0.5, 0.6) is 0 Å². The van der Waals surface area contributed by atoms with Gasteiger partial charge in [0.1, 0.15) is 0 Å². The normalized spacial score (nSPS) is 14.9. The summed E-state index contributed by atoms with van der Waals surface area (Å²) < 4.78 is 5.68. The van der Waals surface area contributed by atoms with Gasteiger partial charge in [-0.05, 0) is 64.5 Å². The highest BCUT2D eigenvalue weighted by Gasteiger charge is 2.04. The molecule has 2 atom stereocenters. The van der Waals surface area contributed by atoms with Gasteiger partial charge in [0.15, 0.2) is 0 Å². The minimum absolute atomic E-state index is 0.622. The lowest BCUT2D eigenvalue weighted by molar-refractivity contribution is 0.128. The van der Waals surface area contributed by atoms with Crippen molar-refractivity contribution in [2.75, 3.05) is 26.3 Å². The molecule has 2 unspecified atom stereocenters. The number of ether oxygens (including phenoxy) is 1. The lowest BCUT2D eigenvalue weighted by atomic mass is 10.1. The van der Waals surface area contributed by atoms with Gasteiger partial charge in [-0.25, -0.2) is 0 Å². The van der Waals surface area contributed by atoms with E-state index >= 15 is 0 Å². The molecule has 0 aliphatic carbocycles. The maximum absolute atomic E-state index is 5.68. The Labute approximate surface area is 133 Å². The first-order valence-electron chi connectivity index (χ1n) is 8.96. The third kappa shape index (κ3) is 16.1. The van der Waals surface area contributed by atoms with Crippen LogP contribution in [-0.4, -0.2) is 38.4 Å². The molecular weight excluding hydrogens is 260 g/mol. The Morgan fingerprint density at radius 2 is 1.05 bits per heavy atom. The van der Waals surface area contributed by atoms with E-state index in [2.05, 4.69) is 52.2 Å². The second-order valence-electron chi connectivity index (χ2n) is 7.29. The fourth-order valence-electron chi connectivity index (χ4n) is 2.73. The summed E-state index contributed by atoms with van der Waals surface area (Å²) in [5.74, 6) is 1.55. The Morgan fingerprint density at radius 1 is 0.667 bits per heavy atom. The summed E-state index contributed by atoms with van der Waals surface area (Å²) in [6.07, 6.45) is 4.72. The lowest BCUT2D eigenvalue weighted by Gasteiger charge is -2.16. The van der Waals surface area contributed by atoms with Crippen LogP contribution in [0.1, 0.15) is 67.2 Å². The van der Waals surface area contributed by atoms with Gasteiger partial charge in [0.05, 0.1) is 0 Å². The van der Waals surface area contributed by atoms with Crippen molar-refractivity contribution in [2.45, 2.75) is 79.3 Å². The summed E-state index contributed by atoms with van der Waals surface area (Å²) in [7, 11) is 0. The molecule has 0 heterocycles. The van der Waals surface area contributed by atoms with Crippen LogP contribution in [0.25, 0.3) is 0 Å². The zero-order chi connectivity index (χ0) is 16.1. The summed E-state index contributed by atoms with van der Waals surface area (Å²) in [6.45, 7) is 17.5. The summed E-state index contributed by atoms with van der Waals surface area (Å²) >= 11 is 0. The molecule has 0 saturated carbocycles. The van der Waals surface area contributed by atoms with E-state index in [1.54, 1.807) is 0 Å². The van der Waals surface area contributed by atoms with Gasteiger partial charge in [0.2, 0.25) is 0 Å². The van der Waals surface area contributed by atoms with Crippen LogP contribution >= 0.6 is 0 Å². The summed E-state index contributed by atoms with van der Waals surface area (Å²) in [6, 6.07) is 1.24. The first-order valence-corrected chi connectivity index (χ1v) is 8.96. The van der Waals surface area contributed by atoms with Crippen LogP contribution in [0.2, 0.25) is 0 Å². The number of hydrogen-bond acceptors (Lipinski definition) is 3. The van der Waals surface area contributed by atoms with Crippen LogP contribution in [-0.2, 0) is 4.74 Å². The van der Waals surface area contributed by atoms with Crippen LogP contribution in [0.3, 0.4) is 0 Å². The van der Waals surface area contributed by atoms with Gasteiger partial charge in [-0.2, -0.15) is 0 Å². The molecule has 0 spiro atoms. The van der Waals surface area contributed by atoms with Gasteiger partial charge in [-0.1, -0.05) is 27.7 Å². The number of rotatable bonds is 14. The topological polar surface area (TPSA) is 33.3 Å². The van der Waals surface area contributed by atoms with E-state index in [1.165, 1.54) is 12.8 Å². The molecule has 0 aliphatic heterocycles. The molecule has 0 aromatic rings. The van der Waals surface area contributed by atoms with Crippen molar-refractivity contribution in [1.82, 2.24) is 10.6 Å². The number of hydrogen-bond donors (Lipinski definition) is 2. The van der Waals surface area contributed by atoms with Gasteiger partial charge in [-0.15, -0.1) is 0 Å². The predicted molar refractivity (Wildman–Crippen MR) is 93.9 cm³/mol. The van der Waals surface area contributed by atoms with Gasteiger partial charge in [0.25, 0.3) is 0 Å². The minimum atomic E-state index is 0.622. The molecule has 2 N–H and O–H groups in total. The van der Waals surface area contributed by atoms with E-state index in [1.807, 2.05) is 0 Å². The molecule has 0 saturated heterocycles. The zero-order valence-corrected chi connectivity index (χ0v) is 15.4. The summed E-state index contributed by atoms with van der Waals surface area (Å²) in [4.78, 5) is 0. The average molecular weight is 301 g/mol. The molecule has 0 rings (SSSR count). The molecule has 0 aromatic carbocycles. The molecule has 0 amide bonds. The largest absolute Gasteiger partial charge is 0.381 e. The van der Waals surface area contributed by atoms with Crippen LogP contribution < -0.4 is 10.6 Å². The highest BCUT2D eigenvalue weighted by Crippen LogP contribution is 2.04. The molecule has 3 nitrogen and oxygen atoms in total. The lowest BCUT2D eigenvalue weighted by Crippen LogP contribution is -2.29. The summed E-state index contributed by atoms with van der Waals surface area (Å²) in [5.41, 5.74) is 0. The van der Waals surface area contributed by atoms with Crippen LogP contribution in [0.15, 0.2) is 0 Å². The molecule has 0 fully saturated rings. The first-order chi connectivity index (χ1) is 9.91. The standard InChI is InChI=1S/C18H40N2O/c1-15(2)13-17(5)19-9-7-11-21-12-8-10-20-18(6)14-16(3)4/h15-20H,7-14H2,1-6H3. The Balaban J connectivity index is 3.22. The van der Waals surface area contributed by atoms with E-state index in [-0.39, 0.29) is 0 Å². The highest BCUT2D eigenvalue weighted by molar-refractivity contribution is 4.63. The van der Waals surface area contributed by atoms with Crippen molar-refractivity contribution >= 4 is 0 Å². The Kier molecular flexibility index (Phi) is 13.5. The smallest absolute Gasteiger partial charge is 0.0478 e. The van der Waals surface area contributed by atoms with Crippen molar-refractivity contribution in [1.29, 1.82) is 0 Å². The Morgan fingerprint density at radius 3 is 1.38 bits per heavy atom. The van der Waals surface area contributed by atoms with Crippen molar-refractivity contribution < 1.29 is 4.74 Å². The van der Waals surface area contributed by atoms with Crippen LogP contribution in [0, 0.1) is 11.8 Å². The predicted octanol–water partition coefficient (Wildman–Crippen LogP) is 3.83. The Bertz CT molecular complexity index is 197. The fourth-order valence-corrected chi connectivity index (χ4v) is 2.73. The maximum Gasteiger partial charge on any atom is 0.0478 e. The maximum atomic E-state index is 5.68. The van der Waals surface area contributed by atoms with Gasteiger partial charge in [0, 0.05) is 25.3 Å². The molecule has 0 radical (unpaired) electrons. The van der Waals surface area contributed by atoms with E-state index in [0.29, 0.717) is 12.1 Å². The molecular formula is C18H40N2O. The number of nitrogens with one attached hydrogen (secondary N) is 2. The fraction of sp³-hybridized carbons (Fsp3) is 1.00. The average Bonchev–Trinajstić information content (AvgIpc) is 2.34. The van der Waals surface area contributed by atoms with E-state index in [0.717, 1.165) is 51.0 Å². The second kappa shape index (κ2) is 13.5. The molecule has 128 valence electrons. The van der Waals surface area contributed by atoms with Crippen molar-refractivity contribution in [3.63, 3.8) is 0 Å². The molecule has 3 heteroatoms. The third-order valence-corrected chi connectivity index (χ3v) is 3.57. The van der Waals surface area contributed by atoms with E-state index in [9.17, 15) is 0 Å². The Hall–Kier alpha value is -0.120. The van der Waals surface area contributed by atoms with Crippen LogP contribution in [0.4, 0.5) is 0 Å². The SMILES string of the molecule is CC(C)CC(C)NCCCOCCCNC(C)CC(C)C. The molecule has 0 bridgehead atoms. The van der Waals surface area contributed by atoms with Crippen molar-refractivity contribution in [3.05, 3.63) is 0 Å². The van der Waals surface area contributed by atoms with E-state index < -0.39 is 0 Å². The van der Waals surface area contributed by atoms with E-state index in [4.69, 9.17) is 4.74 Å². The zero-order valence-electron chi connectivity index (χ0n) is 15.4. The molecule has 21 heavy (non-hydrogen) atoms. The van der Waals surface area contributed by atoms with Gasteiger partial charge < -0.3 is 15.4 Å². The highest BCUT2D eigenvalue weighted by atomic mass is 16.5. The third-order valence-electron chi connectivity index (χ3n) is 3.57. The van der Waals surface area contributed by atoms with Gasteiger partial charge >= 0.3 is 0 Å². The van der Waals surface area contributed by atoms with Crippen molar-refractivity contribution in [3.8, 4) is 0 Å². The molecule has 0 aromatic heterocycles. The second-order valence-corrected chi connectivity index (χ2v) is 7.29. The quantitative estimate of drug-likeness (QED) is 0.478. The molecule has 0 aliphatic rings. The van der Waals surface area contributed by atoms with Gasteiger partial charge in [-0.3, -0.25) is 0 Å². The minimum Gasteiger partial charge on any atom is -0.381 e. The monoisotopic (exact) mass is 300 g/mol.